The zero-order valence-corrected chi connectivity index (χ0v) is 9.24. The number of halogens is 2. The number of nitriles is 1. The van der Waals surface area contributed by atoms with Gasteiger partial charge < -0.3 is 4.74 Å². The van der Waals surface area contributed by atoms with Crippen LogP contribution in [0, 0.1) is 11.3 Å². The molecule has 0 fully saturated rings. The van der Waals surface area contributed by atoms with Crippen molar-refractivity contribution in [1.82, 2.24) is 0 Å². The summed E-state index contributed by atoms with van der Waals surface area (Å²) in [4.78, 5) is 11.6. The Kier molecular flexibility index (Phi) is 4.58. The first kappa shape index (κ1) is 13.1. The second kappa shape index (κ2) is 5.94. The number of rotatable bonds is 5. The van der Waals surface area contributed by atoms with Gasteiger partial charge in [-0.05, 0) is 6.07 Å². The number of hydrogen-bond acceptors (Lipinski definition) is 3. The van der Waals surface area contributed by atoms with E-state index in [4.69, 9.17) is 5.26 Å². The van der Waals surface area contributed by atoms with Crippen LogP contribution in [0.1, 0.15) is 29.3 Å². The van der Waals surface area contributed by atoms with E-state index in [0.29, 0.717) is 5.56 Å². The van der Waals surface area contributed by atoms with Crippen molar-refractivity contribution in [2.45, 2.75) is 26.4 Å². The minimum absolute atomic E-state index is 0.0765. The summed E-state index contributed by atoms with van der Waals surface area (Å²) in [5.41, 5.74) is 0.396. The zero-order valence-electron chi connectivity index (χ0n) is 9.24. The van der Waals surface area contributed by atoms with E-state index < -0.39 is 6.61 Å². The molecule has 0 aromatic heterocycles. The fourth-order valence-corrected chi connectivity index (χ4v) is 1.45. The predicted octanol–water partition coefficient (Wildman–Crippen LogP) is 2.95. The number of para-hydroxylation sites is 1. The van der Waals surface area contributed by atoms with Gasteiger partial charge in [-0.15, -0.1) is 0 Å². The maximum Gasteiger partial charge on any atom is 0.387 e. The van der Waals surface area contributed by atoms with Crippen LogP contribution in [-0.4, -0.2) is 12.4 Å². The second-order valence-electron chi connectivity index (χ2n) is 3.28. The highest BCUT2D eigenvalue weighted by Gasteiger charge is 2.18. The van der Waals surface area contributed by atoms with E-state index >= 15 is 0 Å². The Balaban J connectivity index is 3.24. The first-order valence-electron chi connectivity index (χ1n) is 5.07. The summed E-state index contributed by atoms with van der Waals surface area (Å²) < 4.78 is 28.9. The summed E-state index contributed by atoms with van der Waals surface area (Å²) in [6.45, 7) is -1.39. The third-order valence-electron chi connectivity index (χ3n) is 2.19. The Morgan fingerprint density at radius 2 is 2.24 bits per heavy atom. The molecule has 0 aliphatic rings. The van der Waals surface area contributed by atoms with E-state index in [1.54, 1.807) is 13.0 Å². The lowest BCUT2D eigenvalue weighted by Gasteiger charge is -2.12. The second-order valence-corrected chi connectivity index (χ2v) is 3.28. The summed E-state index contributed by atoms with van der Waals surface area (Å²) in [5.74, 6) is -0.476. The van der Waals surface area contributed by atoms with Crippen LogP contribution >= 0.6 is 0 Å². The topological polar surface area (TPSA) is 50.1 Å². The Morgan fingerprint density at radius 3 is 2.76 bits per heavy atom. The van der Waals surface area contributed by atoms with Crippen molar-refractivity contribution in [3.63, 3.8) is 0 Å². The largest absolute Gasteiger partial charge is 0.434 e. The summed E-state index contributed by atoms with van der Waals surface area (Å²) in [7, 11) is 0. The molecule has 0 saturated carbocycles. The fourth-order valence-electron chi connectivity index (χ4n) is 1.45. The Hall–Kier alpha value is -1.96. The van der Waals surface area contributed by atoms with Crippen molar-refractivity contribution in [3.05, 3.63) is 29.3 Å². The number of ketones is 1. The van der Waals surface area contributed by atoms with Gasteiger partial charge in [0.15, 0.2) is 5.78 Å². The van der Waals surface area contributed by atoms with Crippen molar-refractivity contribution in [2.24, 2.45) is 0 Å². The van der Waals surface area contributed by atoms with Gasteiger partial charge in [-0.2, -0.15) is 14.0 Å². The molecule has 0 unspecified atom stereocenters. The molecule has 0 saturated heterocycles. The van der Waals surface area contributed by atoms with Crippen molar-refractivity contribution in [3.8, 4) is 11.8 Å². The summed E-state index contributed by atoms with van der Waals surface area (Å²) >= 11 is 0. The van der Waals surface area contributed by atoms with Crippen LogP contribution in [0.4, 0.5) is 8.78 Å². The maximum absolute atomic E-state index is 12.3. The molecule has 0 amide bonds. The summed E-state index contributed by atoms with van der Waals surface area (Å²) in [5, 5.41) is 8.59. The number of ether oxygens (including phenoxy) is 1. The molecule has 0 N–H and O–H groups in total. The van der Waals surface area contributed by atoms with E-state index in [9.17, 15) is 13.6 Å². The molecule has 0 atom stereocenters. The van der Waals surface area contributed by atoms with Gasteiger partial charge in [0, 0.05) is 12.0 Å². The first-order chi connectivity index (χ1) is 8.10. The smallest absolute Gasteiger partial charge is 0.387 e. The number of alkyl halides is 2. The minimum Gasteiger partial charge on any atom is -0.434 e. The van der Waals surface area contributed by atoms with Crippen molar-refractivity contribution in [1.29, 1.82) is 5.26 Å². The average Bonchev–Trinajstić information content (AvgIpc) is 2.30. The van der Waals surface area contributed by atoms with Crippen LogP contribution in [-0.2, 0) is 6.42 Å². The SMILES string of the molecule is CCC(=O)c1cccc(CC#N)c1OC(F)F. The normalized spacial score (nSPS) is 10.1. The number of hydrogen-bond donors (Lipinski definition) is 0. The van der Waals surface area contributed by atoms with E-state index in [1.165, 1.54) is 12.1 Å². The van der Waals surface area contributed by atoms with Crippen LogP contribution < -0.4 is 4.74 Å². The van der Waals surface area contributed by atoms with Crippen molar-refractivity contribution in [2.75, 3.05) is 0 Å². The number of nitrogens with zero attached hydrogens (tertiary/aromatic N) is 1. The molecule has 5 heteroatoms. The fraction of sp³-hybridized carbons (Fsp3) is 0.333. The molecule has 0 aliphatic heterocycles. The van der Waals surface area contributed by atoms with Crippen LogP contribution in [0.2, 0.25) is 0 Å². The van der Waals surface area contributed by atoms with Crippen LogP contribution in [0.3, 0.4) is 0 Å². The van der Waals surface area contributed by atoms with Crippen molar-refractivity contribution < 1.29 is 18.3 Å². The monoisotopic (exact) mass is 239 g/mol. The van der Waals surface area contributed by atoms with Crippen LogP contribution in [0.25, 0.3) is 0 Å². The third-order valence-corrected chi connectivity index (χ3v) is 2.19. The number of benzene rings is 1. The lowest BCUT2D eigenvalue weighted by molar-refractivity contribution is -0.0506. The standard InChI is InChI=1S/C12H11F2NO2/c1-2-10(16)9-5-3-4-8(6-7-15)11(9)17-12(13)14/h3-5,12H,2,6H2,1H3. The van der Waals surface area contributed by atoms with Crippen LogP contribution in [0.15, 0.2) is 18.2 Å². The van der Waals surface area contributed by atoms with Crippen LogP contribution in [0.5, 0.6) is 5.75 Å². The number of carbonyl (C=O) groups excluding carboxylic acids is 1. The predicted molar refractivity (Wildman–Crippen MR) is 57.0 cm³/mol. The van der Waals surface area contributed by atoms with Gasteiger partial charge in [0.25, 0.3) is 0 Å². The Bertz CT molecular complexity index is 452. The molecule has 1 aromatic rings. The quantitative estimate of drug-likeness (QED) is 0.742. The molecule has 0 spiro atoms. The van der Waals surface area contributed by atoms with Gasteiger partial charge in [0.05, 0.1) is 18.1 Å². The molecular weight excluding hydrogens is 228 g/mol. The maximum atomic E-state index is 12.3. The summed E-state index contributed by atoms with van der Waals surface area (Å²) in [6.07, 6.45) is 0.114. The molecule has 0 bridgehead atoms. The van der Waals surface area contributed by atoms with E-state index in [2.05, 4.69) is 4.74 Å². The molecule has 1 aromatic carbocycles. The molecule has 17 heavy (non-hydrogen) atoms. The molecule has 90 valence electrons. The molecular formula is C12H11F2NO2. The Morgan fingerprint density at radius 1 is 1.53 bits per heavy atom. The lowest BCUT2D eigenvalue weighted by Crippen LogP contribution is -2.10. The summed E-state index contributed by atoms with van der Waals surface area (Å²) in [6, 6.07) is 6.31. The lowest BCUT2D eigenvalue weighted by atomic mass is 10.0. The van der Waals surface area contributed by atoms with Gasteiger partial charge in [-0.25, -0.2) is 0 Å². The minimum atomic E-state index is -3.02. The molecule has 3 nitrogen and oxygen atoms in total. The van der Waals surface area contributed by atoms with Gasteiger partial charge in [0.1, 0.15) is 5.75 Å². The third kappa shape index (κ3) is 3.25. The van der Waals surface area contributed by atoms with E-state index in [0.717, 1.165) is 0 Å². The molecule has 0 aliphatic carbocycles. The highest BCUT2D eigenvalue weighted by molar-refractivity contribution is 5.98. The number of Topliss-reactive ketones (excluding diaryl/α,β-unsaturated/α-hetero) is 1. The molecule has 0 radical (unpaired) electrons. The highest BCUT2D eigenvalue weighted by Crippen LogP contribution is 2.27. The zero-order chi connectivity index (χ0) is 12.8. The average molecular weight is 239 g/mol. The highest BCUT2D eigenvalue weighted by atomic mass is 19.3. The van der Waals surface area contributed by atoms with E-state index in [-0.39, 0.29) is 29.9 Å². The molecule has 1 rings (SSSR count). The van der Waals surface area contributed by atoms with E-state index in [1.807, 2.05) is 6.07 Å². The van der Waals surface area contributed by atoms with Gasteiger partial charge in [0.2, 0.25) is 0 Å². The Labute approximate surface area is 97.6 Å². The van der Waals surface area contributed by atoms with Crippen molar-refractivity contribution >= 4 is 5.78 Å². The number of carbonyl (C=O) groups is 1. The first-order valence-corrected chi connectivity index (χ1v) is 5.07. The van der Waals surface area contributed by atoms with Gasteiger partial charge in [-0.1, -0.05) is 19.1 Å². The van der Waals surface area contributed by atoms with Gasteiger partial charge in [-0.3, -0.25) is 4.79 Å². The van der Waals surface area contributed by atoms with Gasteiger partial charge >= 0.3 is 6.61 Å². The molecule has 0 heterocycles.